The van der Waals surface area contributed by atoms with E-state index in [-0.39, 0.29) is 0 Å². The lowest BCUT2D eigenvalue weighted by atomic mass is 10.0. The van der Waals surface area contributed by atoms with Crippen LogP contribution in [0.25, 0.3) is 0 Å². The van der Waals surface area contributed by atoms with Gasteiger partial charge in [0.25, 0.3) is 0 Å². The van der Waals surface area contributed by atoms with Crippen LogP contribution in [0, 0.1) is 20.8 Å². The van der Waals surface area contributed by atoms with Gasteiger partial charge in [-0.2, -0.15) is 0 Å². The summed E-state index contributed by atoms with van der Waals surface area (Å²) in [7, 11) is 0.483. The van der Waals surface area contributed by atoms with Crippen molar-refractivity contribution in [2.75, 3.05) is 0 Å². The van der Waals surface area contributed by atoms with Crippen LogP contribution in [-0.2, 0) is 0 Å². The quantitative estimate of drug-likeness (QED) is 0.717. The molecule has 98 valence electrons. The fourth-order valence-corrected chi connectivity index (χ4v) is 4.65. The summed E-state index contributed by atoms with van der Waals surface area (Å²) in [5, 5.41) is 0. The molecule has 18 heavy (non-hydrogen) atoms. The summed E-state index contributed by atoms with van der Waals surface area (Å²) in [5.74, 6) is 0. The molecule has 1 aromatic rings. The average Bonchev–Trinajstić information content (AvgIpc) is 2.28. The lowest BCUT2D eigenvalue weighted by molar-refractivity contribution is 0.108. The van der Waals surface area contributed by atoms with Crippen molar-refractivity contribution in [3.63, 3.8) is 0 Å². The van der Waals surface area contributed by atoms with E-state index in [4.69, 9.17) is 0 Å². The molecule has 0 spiro atoms. The van der Waals surface area contributed by atoms with Crippen molar-refractivity contribution in [1.82, 2.24) is 0 Å². The topological polar surface area (TPSA) is 17.1 Å². The molecule has 1 fully saturated rings. The monoisotopic (exact) mass is 262 g/mol. The van der Waals surface area contributed by atoms with Crippen LogP contribution < -0.4 is 0 Å². The standard InChI is InChI=1S/C16H23OP/c1-11-9-12(2)15(13(3)10-11)16(17)18-14-7-5-4-6-8-14/h9-10,14,18H,4-8H2,1-3H3. The van der Waals surface area contributed by atoms with Crippen molar-refractivity contribution in [3.8, 4) is 0 Å². The molecule has 0 radical (unpaired) electrons. The molecule has 0 bridgehead atoms. The molecule has 0 aliphatic heterocycles. The van der Waals surface area contributed by atoms with E-state index in [2.05, 4.69) is 32.9 Å². The molecule has 0 heterocycles. The predicted octanol–water partition coefficient (Wildman–Crippen LogP) is 4.76. The van der Waals surface area contributed by atoms with Crippen molar-refractivity contribution in [2.45, 2.75) is 58.5 Å². The van der Waals surface area contributed by atoms with Gasteiger partial charge in [-0.1, -0.05) is 37.0 Å². The van der Waals surface area contributed by atoms with E-state index in [0.29, 0.717) is 19.8 Å². The Bertz CT molecular complexity index is 421. The molecule has 1 aromatic carbocycles. The minimum atomic E-state index is 0.386. The van der Waals surface area contributed by atoms with E-state index in [1.807, 2.05) is 0 Å². The molecule has 1 nitrogen and oxygen atoms in total. The van der Waals surface area contributed by atoms with Gasteiger partial charge in [-0.25, -0.2) is 0 Å². The third kappa shape index (κ3) is 3.20. The van der Waals surface area contributed by atoms with E-state index < -0.39 is 0 Å². The Labute approximate surface area is 112 Å². The van der Waals surface area contributed by atoms with Gasteiger partial charge in [0.05, 0.1) is 0 Å². The summed E-state index contributed by atoms with van der Waals surface area (Å²) in [6.07, 6.45) is 6.51. The smallest absolute Gasteiger partial charge is 0.181 e. The zero-order chi connectivity index (χ0) is 13.1. The minimum absolute atomic E-state index is 0.386. The summed E-state index contributed by atoms with van der Waals surface area (Å²) in [4.78, 5) is 12.5. The SMILES string of the molecule is Cc1cc(C)c(C(=O)PC2CCCCC2)c(C)c1. The van der Waals surface area contributed by atoms with Crippen LogP contribution >= 0.6 is 8.58 Å². The van der Waals surface area contributed by atoms with Crippen LogP contribution in [-0.4, -0.2) is 11.2 Å². The molecular weight excluding hydrogens is 239 g/mol. The maximum atomic E-state index is 12.5. The maximum absolute atomic E-state index is 12.5. The van der Waals surface area contributed by atoms with Crippen LogP contribution in [0.1, 0.15) is 59.2 Å². The van der Waals surface area contributed by atoms with Crippen molar-refractivity contribution >= 4 is 14.1 Å². The fourth-order valence-electron chi connectivity index (χ4n) is 3.04. The summed E-state index contributed by atoms with van der Waals surface area (Å²) in [6.45, 7) is 6.23. The van der Waals surface area contributed by atoms with Gasteiger partial charge in [0.15, 0.2) is 5.52 Å². The highest BCUT2D eigenvalue weighted by Crippen LogP contribution is 2.36. The fraction of sp³-hybridized carbons (Fsp3) is 0.562. The van der Waals surface area contributed by atoms with Gasteiger partial charge < -0.3 is 0 Å². The van der Waals surface area contributed by atoms with Crippen LogP contribution in [0.15, 0.2) is 12.1 Å². The van der Waals surface area contributed by atoms with Crippen LogP contribution in [0.3, 0.4) is 0 Å². The highest BCUT2D eigenvalue weighted by Gasteiger charge is 2.20. The molecule has 0 amide bonds. The Morgan fingerprint density at radius 2 is 1.61 bits per heavy atom. The zero-order valence-electron chi connectivity index (χ0n) is 11.7. The first-order valence-corrected chi connectivity index (χ1v) is 8.04. The highest BCUT2D eigenvalue weighted by molar-refractivity contribution is 7.59. The number of carbonyl (C=O) groups excluding carboxylic acids is 1. The summed E-state index contributed by atoms with van der Waals surface area (Å²) in [6, 6.07) is 4.26. The average molecular weight is 262 g/mol. The molecule has 0 saturated heterocycles. The van der Waals surface area contributed by atoms with Crippen LogP contribution in [0.5, 0.6) is 0 Å². The number of aryl methyl sites for hydroxylation is 3. The first-order valence-electron chi connectivity index (χ1n) is 6.96. The van der Waals surface area contributed by atoms with E-state index >= 15 is 0 Å². The van der Waals surface area contributed by atoms with E-state index in [0.717, 1.165) is 16.7 Å². The third-order valence-electron chi connectivity index (χ3n) is 3.84. The first-order chi connectivity index (χ1) is 8.58. The van der Waals surface area contributed by atoms with E-state index in [1.165, 1.54) is 37.7 Å². The Hall–Kier alpha value is -0.680. The van der Waals surface area contributed by atoms with E-state index in [9.17, 15) is 4.79 Å². The first kappa shape index (κ1) is 13.7. The second-order valence-electron chi connectivity index (χ2n) is 5.58. The van der Waals surface area contributed by atoms with Crippen molar-refractivity contribution in [1.29, 1.82) is 0 Å². The molecule has 1 unspecified atom stereocenters. The van der Waals surface area contributed by atoms with Gasteiger partial charge in [-0.05, 0) is 59.0 Å². The Morgan fingerprint density at radius 3 is 2.17 bits per heavy atom. The Kier molecular flexibility index (Phi) is 4.56. The van der Waals surface area contributed by atoms with Gasteiger partial charge in [-0.3, -0.25) is 4.79 Å². The summed E-state index contributed by atoms with van der Waals surface area (Å²) < 4.78 is 0. The maximum Gasteiger partial charge on any atom is 0.181 e. The second kappa shape index (κ2) is 5.97. The van der Waals surface area contributed by atoms with Gasteiger partial charge in [-0.15, -0.1) is 0 Å². The van der Waals surface area contributed by atoms with Gasteiger partial charge in [0.2, 0.25) is 0 Å². The molecule has 1 atom stereocenters. The van der Waals surface area contributed by atoms with Crippen molar-refractivity contribution in [3.05, 3.63) is 34.4 Å². The lowest BCUT2D eigenvalue weighted by Crippen LogP contribution is -2.10. The molecule has 1 saturated carbocycles. The van der Waals surface area contributed by atoms with Crippen molar-refractivity contribution < 1.29 is 4.79 Å². The van der Waals surface area contributed by atoms with Gasteiger partial charge in [0, 0.05) is 5.56 Å². The Balaban J connectivity index is 2.13. The predicted molar refractivity (Wildman–Crippen MR) is 80.2 cm³/mol. The van der Waals surface area contributed by atoms with Gasteiger partial charge >= 0.3 is 0 Å². The van der Waals surface area contributed by atoms with Crippen LogP contribution in [0.2, 0.25) is 0 Å². The molecule has 1 aliphatic rings. The largest absolute Gasteiger partial charge is 0.289 e. The number of hydrogen-bond acceptors (Lipinski definition) is 1. The molecule has 0 aromatic heterocycles. The number of hydrogen-bond donors (Lipinski definition) is 0. The molecule has 2 heteroatoms. The van der Waals surface area contributed by atoms with Gasteiger partial charge in [0.1, 0.15) is 0 Å². The molecule has 0 N–H and O–H groups in total. The highest BCUT2D eigenvalue weighted by atomic mass is 31.1. The second-order valence-corrected chi connectivity index (χ2v) is 7.14. The lowest BCUT2D eigenvalue weighted by Gasteiger charge is -2.21. The summed E-state index contributed by atoms with van der Waals surface area (Å²) >= 11 is 0. The van der Waals surface area contributed by atoms with E-state index in [1.54, 1.807) is 0 Å². The summed E-state index contributed by atoms with van der Waals surface area (Å²) in [5.41, 5.74) is 5.59. The number of benzene rings is 1. The molecule has 1 aliphatic carbocycles. The third-order valence-corrected chi connectivity index (χ3v) is 5.34. The number of carbonyl (C=O) groups is 1. The zero-order valence-corrected chi connectivity index (χ0v) is 12.7. The molecular formula is C16H23OP. The van der Waals surface area contributed by atoms with Crippen LogP contribution in [0.4, 0.5) is 0 Å². The molecule has 2 rings (SSSR count). The normalized spacial score (nSPS) is 17.5. The Morgan fingerprint density at radius 1 is 1.06 bits per heavy atom. The number of rotatable bonds is 3. The minimum Gasteiger partial charge on any atom is -0.289 e. The van der Waals surface area contributed by atoms with Crippen molar-refractivity contribution in [2.24, 2.45) is 0 Å².